The summed E-state index contributed by atoms with van der Waals surface area (Å²) in [6, 6.07) is 8.71. The maximum atomic E-state index is 2.33. The predicted octanol–water partition coefficient (Wildman–Crippen LogP) is 4.84. The molecule has 0 saturated heterocycles. The molecule has 0 radical (unpaired) electrons. The Morgan fingerprint density at radius 1 is 1.27 bits per heavy atom. The molecule has 0 heterocycles. The van der Waals surface area contributed by atoms with Crippen molar-refractivity contribution in [1.29, 1.82) is 0 Å². The first-order valence-corrected chi connectivity index (χ1v) is 5.80. The summed E-state index contributed by atoms with van der Waals surface area (Å²) >= 11 is 0. The van der Waals surface area contributed by atoms with Crippen LogP contribution >= 0.6 is 0 Å². The third kappa shape index (κ3) is 3.91. The summed E-state index contributed by atoms with van der Waals surface area (Å²) in [6.45, 7) is 8.85. The lowest BCUT2D eigenvalue weighted by Gasteiger charge is -2.13. The average molecular weight is 202 g/mol. The average Bonchev–Trinajstić information content (AvgIpc) is 2.17. The van der Waals surface area contributed by atoms with Crippen molar-refractivity contribution in [1.82, 2.24) is 0 Å². The molecule has 0 aliphatic carbocycles. The molecule has 0 N–H and O–H groups in total. The lowest BCUT2D eigenvalue weighted by atomic mass is 9.92. The van der Waals surface area contributed by atoms with Crippen LogP contribution in [0.3, 0.4) is 0 Å². The second-order valence-electron chi connectivity index (χ2n) is 4.62. The first-order valence-electron chi connectivity index (χ1n) is 5.80. The van der Waals surface area contributed by atoms with Gasteiger partial charge < -0.3 is 0 Å². The van der Waals surface area contributed by atoms with Crippen LogP contribution in [0.25, 0.3) is 0 Å². The van der Waals surface area contributed by atoms with Gasteiger partial charge in [0, 0.05) is 0 Å². The third-order valence-corrected chi connectivity index (χ3v) is 2.87. The monoisotopic (exact) mass is 202 g/mol. The largest absolute Gasteiger partial charge is 0.0859 e. The van der Waals surface area contributed by atoms with Gasteiger partial charge in [-0.05, 0) is 50.7 Å². The minimum Gasteiger partial charge on any atom is -0.0859 e. The molecular weight excluding hydrogens is 180 g/mol. The molecule has 82 valence electrons. The molecule has 0 aromatic heterocycles. The number of rotatable bonds is 4. The minimum absolute atomic E-state index is 0.668. The van der Waals surface area contributed by atoms with Gasteiger partial charge in [0.1, 0.15) is 0 Å². The topological polar surface area (TPSA) is 0 Å². The van der Waals surface area contributed by atoms with Crippen molar-refractivity contribution in [2.75, 3.05) is 0 Å². The van der Waals surface area contributed by atoms with Crippen molar-refractivity contribution in [3.63, 3.8) is 0 Å². The van der Waals surface area contributed by atoms with Crippen LogP contribution < -0.4 is 0 Å². The fraction of sp³-hybridized carbons (Fsp3) is 0.467. The molecule has 1 aromatic carbocycles. The molecule has 0 fully saturated rings. The van der Waals surface area contributed by atoms with Crippen LogP contribution in [0.2, 0.25) is 0 Å². The molecule has 0 nitrogen and oxygen atoms in total. The normalized spacial score (nSPS) is 12.3. The highest BCUT2D eigenvalue weighted by atomic mass is 14.1. The first kappa shape index (κ1) is 12.0. The Kier molecular flexibility index (Phi) is 4.61. The van der Waals surface area contributed by atoms with Crippen LogP contribution in [0, 0.1) is 6.92 Å². The Bertz CT molecular complexity index is 330. The highest BCUT2D eigenvalue weighted by Gasteiger charge is 2.06. The summed E-state index contributed by atoms with van der Waals surface area (Å²) in [5, 5.41) is 0. The van der Waals surface area contributed by atoms with E-state index in [1.807, 2.05) is 0 Å². The zero-order valence-corrected chi connectivity index (χ0v) is 10.4. The van der Waals surface area contributed by atoms with Crippen LogP contribution in [0.4, 0.5) is 0 Å². The third-order valence-electron chi connectivity index (χ3n) is 2.87. The number of allylic oxidation sites excluding steroid dienone is 2. The van der Waals surface area contributed by atoms with Crippen molar-refractivity contribution < 1.29 is 0 Å². The van der Waals surface area contributed by atoms with Crippen LogP contribution in [0.5, 0.6) is 0 Å². The Morgan fingerprint density at radius 2 is 1.93 bits per heavy atom. The van der Waals surface area contributed by atoms with Gasteiger partial charge in [-0.1, -0.05) is 42.8 Å². The number of benzene rings is 1. The quantitative estimate of drug-likeness (QED) is 0.612. The van der Waals surface area contributed by atoms with E-state index >= 15 is 0 Å². The van der Waals surface area contributed by atoms with E-state index in [1.165, 1.54) is 29.5 Å². The van der Waals surface area contributed by atoms with Gasteiger partial charge in [-0.3, -0.25) is 0 Å². The van der Waals surface area contributed by atoms with Crippen LogP contribution in [0.1, 0.15) is 50.7 Å². The fourth-order valence-corrected chi connectivity index (χ4v) is 1.92. The summed E-state index contributed by atoms with van der Waals surface area (Å²) in [5.41, 5.74) is 4.34. The van der Waals surface area contributed by atoms with Gasteiger partial charge in [-0.15, -0.1) is 0 Å². The van der Waals surface area contributed by atoms with E-state index in [4.69, 9.17) is 0 Å². The Balaban J connectivity index is 2.58. The summed E-state index contributed by atoms with van der Waals surface area (Å²) in [6.07, 6.45) is 4.77. The summed E-state index contributed by atoms with van der Waals surface area (Å²) in [4.78, 5) is 0. The molecular formula is C15H22. The van der Waals surface area contributed by atoms with Gasteiger partial charge in [0.15, 0.2) is 0 Å². The summed E-state index contributed by atoms with van der Waals surface area (Å²) in [5.74, 6) is 0.668. The molecule has 0 heteroatoms. The van der Waals surface area contributed by atoms with Gasteiger partial charge in [-0.25, -0.2) is 0 Å². The van der Waals surface area contributed by atoms with Gasteiger partial charge in [0.25, 0.3) is 0 Å². The first-order chi connectivity index (χ1) is 7.11. The van der Waals surface area contributed by atoms with Crippen molar-refractivity contribution in [2.24, 2.45) is 0 Å². The van der Waals surface area contributed by atoms with E-state index in [2.05, 4.69) is 58.0 Å². The van der Waals surface area contributed by atoms with E-state index in [0.717, 1.165) is 0 Å². The zero-order chi connectivity index (χ0) is 11.3. The molecule has 1 aromatic rings. The Hall–Kier alpha value is -1.04. The Morgan fingerprint density at radius 3 is 2.53 bits per heavy atom. The summed E-state index contributed by atoms with van der Waals surface area (Å²) < 4.78 is 0. The molecule has 15 heavy (non-hydrogen) atoms. The van der Waals surface area contributed by atoms with Crippen LogP contribution in [-0.2, 0) is 0 Å². The van der Waals surface area contributed by atoms with Crippen molar-refractivity contribution in [3.8, 4) is 0 Å². The molecule has 0 spiro atoms. The van der Waals surface area contributed by atoms with E-state index in [0.29, 0.717) is 5.92 Å². The Labute approximate surface area is 94.0 Å². The van der Waals surface area contributed by atoms with Crippen molar-refractivity contribution in [3.05, 3.63) is 47.0 Å². The highest BCUT2D eigenvalue weighted by Crippen LogP contribution is 2.23. The van der Waals surface area contributed by atoms with E-state index in [1.54, 1.807) is 0 Å². The minimum atomic E-state index is 0.668. The predicted molar refractivity (Wildman–Crippen MR) is 68.3 cm³/mol. The van der Waals surface area contributed by atoms with Gasteiger partial charge >= 0.3 is 0 Å². The van der Waals surface area contributed by atoms with Crippen LogP contribution in [-0.4, -0.2) is 0 Å². The number of aryl methyl sites for hydroxylation is 1. The molecule has 0 bridgehead atoms. The lowest BCUT2D eigenvalue weighted by molar-refractivity contribution is 0.685. The molecule has 0 saturated carbocycles. The lowest BCUT2D eigenvalue weighted by Crippen LogP contribution is -1.95. The van der Waals surface area contributed by atoms with E-state index in [-0.39, 0.29) is 0 Å². The molecule has 0 aliphatic rings. The highest BCUT2D eigenvalue weighted by molar-refractivity contribution is 5.28. The zero-order valence-electron chi connectivity index (χ0n) is 10.4. The van der Waals surface area contributed by atoms with E-state index < -0.39 is 0 Å². The summed E-state index contributed by atoms with van der Waals surface area (Å²) in [7, 11) is 0. The number of hydrogen-bond donors (Lipinski definition) is 0. The standard InChI is InChI=1S/C15H22/c1-12(2)8-7-10-14(4)15-11-6-5-9-13(15)3/h5-6,8-9,11,14H,7,10H2,1-4H3/t14-/m1/s1. The maximum absolute atomic E-state index is 2.33. The van der Waals surface area contributed by atoms with Gasteiger partial charge in [0.05, 0.1) is 0 Å². The smallest absolute Gasteiger partial charge is 0.0185 e. The molecule has 1 rings (SSSR count). The second-order valence-corrected chi connectivity index (χ2v) is 4.62. The molecule has 0 aliphatic heterocycles. The van der Waals surface area contributed by atoms with Gasteiger partial charge in [-0.2, -0.15) is 0 Å². The second kappa shape index (κ2) is 5.75. The van der Waals surface area contributed by atoms with Gasteiger partial charge in [0.2, 0.25) is 0 Å². The molecule has 1 atom stereocenters. The molecule has 0 unspecified atom stereocenters. The molecule has 0 amide bonds. The van der Waals surface area contributed by atoms with E-state index in [9.17, 15) is 0 Å². The maximum Gasteiger partial charge on any atom is -0.0185 e. The fourth-order valence-electron chi connectivity index (χ4n) is 1.92. The number of hydrogen-bond acceptors (Lipinski definition) is 0. The SMILES string of the molecule is CC(C)=CCC[C@@H](C)c1ccccc1C. The van der Waals surface area contributed by atoms with Crippen molar-refractivity contribution >= 4 is 0 Å². The van der Waals surface area contributed by atoms with Crippen molar-refractivity contribution in [2.45, 2.75) is 46.5 Å². The van der Waals surface area contributed by atoms with Crippen LogP contribution in [0.15, 0.2) is 35.9 Å².